The number of carbonyl (C=O) groups excluding carboxylic acids is 2. The van der Waals surface area contributed by atoms with Crippen LogP contribution < -0.4 is 5.48 Å². The predicted octanol–water partition coefficient (Wildman–Crippen LogP) is 3.07. The van der Waals surface area contributed by atoms with E-state index in [1.807, 2.05) is 0 Å². The van der Waals surface area contributed by atoms with Gasteiger partial charge in [-0.1, -0.05) is 12.1 Å². The van der Waals surface area contributed by atoms with Crippen molar-refractivity contribution in [2.75, 3.05) is 7.05 Å². The molecule has 0 heterocycles. The fourth-order valence-electron chi connectivity index (χ4n) is 2.13. The minimum atomic E-state index is -4.72. The molecule has 0 bridgehead atoms. The molecule has 2 aromatic rings. The first-order valence-corrected chi connectivity index (χ1v) is 7.37. The first kappa shape index (κ1) is 20.0. The SMILES string of the molecule is CN(/N=C/c1ccc(C(=O)NO)cc1F)C(=O)c1ccccc1C(F)(F)F. The third-order valence-electron chi connectivity index (χ3n) is 3.49. The molecule has 2 aromatic carbocycles. The molecule has 0 saturated carbocycles. The third-order valence-corrected chi connectivity index (χ3v) is 3.49. The van der Waals surface area contributed by atoms with Crippen molar-refractivity contribution in [2.24, 2.45) is 5.10 Å². The van der Waals surface area contributed by atoms with Gasteiger partial charge < -0.3 is 0 Å². The molecule has 2 amide bonds. The van der Waals surface area contributed by atoms with Crippen LogP contribution in [-0.4, -0.2) is 35.3 Å². The topological polar surface area (TPSA) is 82.0 Å². The number of hydrogen-bond donors (Lipinski definition) is 2. The molecule has 0 saturated heterocycles. The van der Waals surface area contributed by atoms with Gasteiger partial charge in [-0.3, -0.25) is 14.8 Å². The Labute approximate surface area is 150 Å². The molecule has 0 spiro atoms. The van der Waals surface area contributed by atoms with Crippen molar-refractivity contribution in [3.63, 3.8) is 0 Å². The number of carbonyl (C=O) groups is 2. The first-order chi connectivity index (χ1) is 12.6. The zero-order chi connectivity index (χ0) is 20.2. The van der Waals surface area contributed by atoms with Gasteiger partial charge in [-0.25, -0.2) is 14.9 Å². The van der Waals surface area contributed by atoms with E-state index in [0.717, 1.165) is 43.6 Å². The standard InChI is InChI=1S/C17H13F4N3O3/c1-24(16(26)12-4-2-3-5-13(12)17(19,20)21)22-9-11-7-6-10(8-14(11)18)15(25)23-27/h2-9,27H,1H3,(H,23,25)/b22-9+. The van der Waals surface area contributed by atoms with Gasteiger partial charge in [-0.2, -0.15) is 18.3 Å². The number of hydroxylamine groups is 1. The summed E-state index contributed by atoms with van der Waals surface area (Å²) in [6.07, 6.45) is -3.80. The summed E-state index contributed by atoms with van der Waals surface area (Å²) < 4.78 is 52.9. The maximum absolute atomic E-state index is 13.9. The second-order valence-corrected chi connectivity index (χ2v) is 5.29. The molecule has 10 heteroatoms. The van der Waals surface area contributed by atoms with E-state index in [1.54, 1.807) is 0 Å². The monoisotopic (exact) mass is 383 g/mol. The predicted molar refractivity (Wildman–Crippen MR) is 86.8 cm³/mol. The van der Waals surface area contributed by atoms with E-state index in [0.29, 0.717) is 5.01 Å². The lowest BCUT2D eigenvalue weighted by atomic mass is 10.1. The molecule has 0 aliphatic carbocycles. The molecule has 0 fully saturated rings. The van der Waals surface area contributed by atoms with Gasteiger partial charge in [-0.05, 0) is 30.3 Å². The number of amides is 2. The van der Waals surface area contributed by atoms with Crippen LogP contribution in [0.4, 0.5) is 17.6 Å². The molecule has 142 valence electrons. The van der Waals surface area contributed by atoms with Gasteiger partial charge in [-0.15, -0.1) is 0 Å². The smallest absolute Gasteiger partial charge is 0.288 e. The molecule has 0 aliphatic rings. The number of hydrazone groups is 1. The average molecular weight is 383 g/mol. The number of alkyl halides is 3. The van der Waals surface area contributed by atoms with E-state index in [2.05, 4.69) is 5.10 Å². The molecule has 0 aliphatic heterocycles. The Bertz CT molecular complexity index is 897. The maximum Gasteiger partial charge on any atom is 0.417 e. The van der Waals surface area contributed by atoms with E-state index in [-0.39, 0.29) is 11.1 Å². The zero-order valence-electron chi connectivity index (χ0n) is 13.8. The molecule has 6 nitrogen and oxygen atoms in total. The highest BCUT2D eigenvalue weighted by molar-refractivity contribution is 5.97. The fourth-order valence-corrected chi connectivity index (χ4v) is 2.13. The van der Waals surface area contributed by atoms with Crippen molar-refractivity contribution in [1.82, 2.24) is 10.5 Å². The van der Waals surface area contributed by atoms with E-state index in [1.165, 1.54) is 17.6 Å². The maximum atomic E-state index is 13.9. The van der Waals surface area contributed by atoms with Gasteiger partial charge in [0.1, 0.15) is 5.82 Å². The minimum absolute atomic E-state index is 0.117. The average Bonchev–Trinajstić information content (AvgIpc) is 2.64. The molecule has 0 aromatic heterocycles. The van der Waals surface area contributed by atoms with Gasteiger partial charge in [0.2, 0.25) is 0 Å². The summed E-state index contributed by atoms with van der Waals surface area (Å²) in [7, 11) is 1.12. The Kier molecular flexibility index (Phi) is 5.91. The van der Waals surface area contributed by atoms with Crippen LogP contribution in [0.3, 0.4) is 0 Å². The minimum Gasteiger partial charge on any atom is -0.288 e. The van der Waals surface area contributed by atoms with Crippen LogP contribution in [-0.2, 0) is 6.18 Å². The van der Waals surface area contributed by atoms with Crippen LogP contribution in [0, 0.1) is 5.82 Å². The summed E-state index contributed by atoms with van der Waals surface area (Å²) in [6.45, 7) is 0. The Hall–Kier alpha value is -3.27. The van der Waals surface area contributed by atoms with Gasteiger partial charge in [0.15, 0.2) is 0 Å². The number of nitrogens with one attached hydrogen (secondary N) is 1. The number of hydrogen-bond acceptors (Lipinski definition) is 4. The number of nitrogens with zero attached hydrogens (tertiary/aromatic N) is 2. The normalized spacial score (nSPS) is 11.5. The summed E-state index contributed by atoms with van der Waals surface area (Å²) >= 11 is 0. The van der Waals surface area contributed by atoms with Crippen LogP contribution in [0.5, 0.6) is 0 Å². The summed E-state index contributed by atoms with van der Waals surface area (Å²) in [6, 6.07) is 7.40. The summed E-state index contributed by atoms with van der Waals surface area (Å²) in [5.41, 5.74) is -0.635. The lowest BCUT2D eigenvalue weighted by Gasteiger charge is -2.15. The second kappa shape index (κ2) is 7.96. The van der Waals surface area contributed by atoms with Crippen molar-refractivity contribution in [2.45, 2.75) is 6.18 Å². The van der Waals surface area contributed by atoms with Crippen molar-refractivity contribution < 1.29 is 32.4 Å². The van der Waals surface area contributed by atoms with Gasteiger partial charge >= 0.3 is 6.18 Å². The Balaban J connectivity index is 2.24. The highest BCUT2D eigenvalue weighted by atomic mass is 19.4. The lowest BCUT2D eigenvalue weighted by Crippen LogP contribution is -2.24. The van der Waals surface area contributed by atoms with Crippen LogP contribution in [0.15, 0.2) is 47.6 Å². The van der Waals surface area contributed by atoms with Crippen LogP contribution >= 0.6 is 0 Å². The Morgan fingerprint density at radius 3 is 2.44 bits per heavy atom. The highest BCUT2D eigenvalue weighted by Gasteiger charge is 2.35. The van der Waals surface area contributed by atoms with Crippen LogP contribution in [0.2, 0.25) is 0 Å². The summed E-state index contributed by atoms with van der Waals surface area (Å²) in [4.78, 5) is 23.4. The molecule has 2 N–H and O–H groups in total. The summed E-state index contributed by atoms with van der Waals surface area (Å²) in [5.74, 6) is -2.83. The molecule has 0 atom stereocenters. The van der Waals surface area contributed by atoms with Crippen molar-refractivity contribution in [3.8, 4) is 0 Å². The fraction of sp³-hybridized carbons (Fsp3) is 0.118. The number of benzene rings is 2. The largest absolute Gasteiger partial charge is 0.417 e. The lowest BCUT2D eigenvalue weighted by molar-refractivity contribution is -0.138. The van der Waals surface area contributed by atoms with E-state index < -0.39 is 34.9 Å². The molecule has 2 rings (SSSR count). The number of halogens is 4. The molecular formula is C17H13F4N3O3. The first-order valence-electron chi connectivity index (χ1n) is 7.37. The highest BCUT2D eigenvalue weighted by Crippen LogP contribution is 2.32. The second-order valence-electron chi connectivity index (χ2n) is 5.29. The molecular weight excluding hydrogens is 370 g/mol. The van der Waals surface area contributed by atoms with Gasteiger partial charge in [0.25, 0.3) is 11.8 Å². The Morgan fingerprint density at radius 2 is 1.85 bits per heavy atom. The van der Waals surface area contributed by atoms with Gasteiger partial charge in [0.05, 0.1) is 17.3 Å². The number of rotatable bonds is 4. The van der Waals surface area contributed by atoms with E-state index in [9.17, 15) is 27.2 Å². The third kappa shape index (κ3) is 4.67. The van der Waals surface area contributed by atoms with Crippen LogP contribution in [0.1, 0.15) is 31.8 Å². The van der Waals surface area contributed by atoms with Crippen molar-refractivity contribution in [3.05, 3.63) is 70.5 Å². The summed E-state index contributed by atoms with van der Waals surface area (Å²) in [5, 5.41) is 12.8. The Morgan fingerprint density at radius 1 is 1.19 bits per heavy atom. The van der Waals surface area contributed by atoms with Crippen molar-refractivity contribution >= 4 is 18.0 Å². The zero-order valence-corrected chi connectivity index (χ0v) is 13.8. The van der Waals surface area contributed by atoms with Crippen LogP contribution in [0.25, 0.3) is 0 Å². The molecule has 27 heavy (non-hydrogen) atoms. The quantitative estimate of drug-likeness (QED) is 0.369. The molecule has 0 radical (unpaired) electrons. The molecule has 0 unspecified atom stereocenters. The van der Waals surface area contributed by atoms with E-state index >= 15 is 0 Å². The van der Waals surface area contributed by atoms with E-state index in [4.69, 9.17) is 5.21 Å². The van der Waals surface area contributed by atoms with Gasteiger partial charge in [0, 0.05) is 18.2 Å². The van der Waals surface area contributed by atoms with Crippen molar-refractivity contribution in [1.29, 1.82) is 0 Å².